The largest absolute Gasteiger partial charge is 0.496 e. The predicted octanol–water partition coefficient (Wildman–Crippen LogP) is 3.76. The third kappa shape index (κ3) is 4.99. The minimum Gasteiger partial charge on any atom is -0.496 e. The molecule has 1 amide bonds. The molecule has 31 heavy (non-hydrogen) atoms. The summed E-state index contributed by atoms with van der Waals surface area (Å²) in [7, 11) is 3.08. The maximum absolute atomic E-state index is 13.4. The third-order valence-electron chi connectivity index (χ3n) is 5.39. The number of likely N-dealkylation sites (N-methyl/N-ethyl adjacent to an activating group) is 1. The van der Waals surface area contributed by atoms with Crippen molar-refractivity contribution in [1.29, 1.82) is 0 Å². The molecule has 1 aliphatic heterocycles. The van der Waals surface area contributed by atoms with E-state index < -0.39 is 29.3 Å². The highest BCUT2D eigenvalue weighted by atomic mass is 32.2. The zero-order chi connectivity index (χ0) is 22.8. The van der Waals surface area contributed by atoms with Crippen LogP contribution < -0.4 is 10.1 Å². The summed E-state index contributed by atoms with van der Waals surface area (Å²) in [6.07, 6.45) is -3.34. The van der Waals surface area contributed by atoms with Gasteiger partial charge in [-0.15, -0.1) is 11.8 Å². The Morgan fingerprint density at radius 1 is 1.29 bits per heavy atom. The van der Waals surface area contributed by atoms with Crippen molar-refractivity contribution < 1.29 is 27.8 Å². The first-order valence-electron chi connectivity index (χ1n) is 9.67. The van der Waals surface area contributed by atoms with Gasteiger partial charge >= 0.3 is 6.18 Å². The fourth-order valence-corrected chi connectivity index (χ4v) is 4.77. The van der Waals surface area contributed by atoms with Crippen molar-refractivity contribution >= 4 is 17.7 Å². The predicted molar refractivity (Wildman–Crippen MR) is 113 cm³/mol. The van der Waals surface area contributed by atoms with Crippen LogP contribution in [0.1, 0.15) is 27.9 Å². The molecule has 5 nitrogen and oxygen atoms in total. The van der Waals surface area contributed by atoms with Crippen LogP contribution in [0.25, 0.3) is 0 Å². The number of methoxy groups -OCH3 is 1. The van der Waals surface area contributed by atoms with Crippen LogP contribution >= 0.6 is 11.8 Å². The monoisotopic (exact) mass is 454 g/mol. The highest BCUT2D eigenvalue weighted by Crippen LogP contribution is 2.39. The van der Waals surface area contributed by atoms with Gasteiger partial charge in [0.25, 0.3) is 5.91 Å². The summed E-state index contributed by atoms with van der Waals surface area (Å²) >= 11 is 1.04. The molecule has 0 bridgehead atoms. The molecule has 0 radical (unpaired) electrons. The fourth-order valence-electron chi connectivity index (χ4n) is 4.12. The van der Waals surface area contributed by atoms with Gasteiger partial charge in [-0.3, -0.25) is 4.79 Å². The quantitative estimate of drug-likeness (QED) is 0.674. The van der Waals surface area contributed by atoms with Crippen LogP contribution in [0.2, 0.25) is 0 Å². The number of halogens is 3. The average molecular weight is 455 g/mol. The number of alkyl halides is 3. The number of benzene rings is 2. The molecule has 0 aliphatic carbocycles. The first kappa shape index (κ1) is 23.4. The Labute approximate surface area is 183 Å². The molecule has 2 N–H and O–H groups in total. The van der Waals surface area contributed by atoms with Crippen molar-refractivity contribution in [3.05, 3.63) is 59.2 Å². The Bertz CT molecular complexity index is 902. The third-order valence-corrected chi connectivity index (χ3v) is 6.15. The summed E-state index contributed by atoms with van der Waals surface area (Å²) in [4.78, 5) is 15.5. The van der Waals surface area contributed by atoms with Crippen molar-refractivity contribution in [2.75, 3.05) is 33.5 Å². The van der Waals surface area contributed by atoms with E-state index in [1.54, 1.807) is 6.26 Å². The molecule has 9 heteroatoms. The number of β-amino-alcohol motifs (C(OH)–C–C–N with tert-alkyl or cyclic N) is 1. The van der Waals surface area contributed by atoms with Crippen LogP contribution in [0, 0.1) is 0 Å². The van der Waals surface area contributed by atoms with Gasteiger partial charge in [0.1, 0.15) is 5.75 Å². The summed E-state index contributed by atoms with van der Waals surface area (Å²) in [5, 5.41) is 13.5. The van der Waals surface area contributed by atoms with E-state index in [1.165, 1.54) is 7.11 Å². The van der Waals surface area contributed by atoms with Crippen molar-refractivity contribution in [3.8, 4) is 5.75 Å². The van der Waals surface area contributed by atoms with Crippen LogP contribution in [0.3, 0.4) is 0 Å². The van der Waals surface area contributed by atoms with Crippen molar-refractivity contribution in [2.45, 2.75) is 29.1 Å². The molecule has 0 saturated carbocycles. The smallest absolute Gasteiger partial charge is 0.416 e. The molecule has 2 aromatic carbocycles. The van der Waals surface area contributed by atoms with Crippen LogP contribution in [-0.4, -0.2) is 55.5 Å². The number of aliphatic hydroxyl groups excluding tert-OH is 1. The number of thioether (sulfide) groups is 1. The Balaban J connectivity index is 2.07. The lowest BCUT2D eigenvalue weighted by Gasteiger charge is -2.44. The van der Waals surface area contributed by atoms with Gasteiger partial charge in [-0.05, 0) is 31.0 Å². The second-order valence-electron chi connectivity index (χ2n) is 7.71. The van der Waals surface area contributed by atoms with Gasteiger partial charge < -0.3 is 20.1 Å². The second-order valence-corrected chi connectivity index (χ2v) is 8.56. The summed E-state index contributed by atoms with van der Waals surface area (Å²) < 4.78 is 45.1. The van der Waals surface area contributed by atoms with Gasteiger partial charge in [-0.25, -0.2) is 0 Å². The van der Waals surface area contributed by atoms with Crippen molar-refractivity contribution in [2.24, 2.45) is 0 Å². The number of nitrogens with zero attached hydrogens (tertiary/aromatic N) is 1. The standard InChI is InChI=1S/C22H25F3N2O3S/c1-27-12-16(28)11-21(13-27,14-7-5-4-6-8-14)26-20(29)19-17(30-2)9-15(22(23,24)25)10-18(19)31-3/h4-10,16,28H,11-13H2,1-3H3,(H,26,29)/t16-,21-/m1/s1. The number of carbonyl (C=O) groups excluding carboxylic acids is 1. The normalized spacial score (nSPS) is 22.2. The zero-order valence-corrected chi connectivity index (χ0v) is 18.3. The van der Waals surface area contributed by atoms with Gasteiger partial charge in [0.2, 0.25) is 0 Å². The number of hydrogen-bond donors (Lipinski definition) is 2. The molecule has 2 aromatic rings. The maximum atomic E-state index is 13.4. The summed E-state index contributed by atoms with van der Waals surface area (Å²) in [6, 6.07) is 11.1. The van der Waals surface area contributed by atoms with E-state index >= 15 is 0 Å². The van der Waals surface area contributed by atoms with Gasteiger partial charge in [0.15, 0.2) is 0 Å². The van der Waals surface area contributed by atoms with Gasteiger partial charge in [-0.2, -0.15) is 13.2 Å². The molecule has 1 fully saturated rings. The Kier molecular flexibility index (Phi) is 6.88. The van der Waals surface area contributed by atoms with Crippen molar-refractivity contribution in [1.82, 2.24) is 10.2 Å². The highest BCUT2D eigenvalue weighted by molar-refractivity contribution is 7.98. The fraction of sp³-hybridized carbons (Fsp3) is 0.409. The van der Waals surface area contributed by atoms with E-state index in [0.29, 0.717) is 13.1 Å². The second kappa shape index (κ2) is 9.10. The number of carbonyl (C=O) groups is 1. The molecule has 1 aliphatic rings. The molecule has 168 valence electrons. The number of nitrogens with one attached hydrogen (secondary N) is 1. The first-order valence-corrected chi connectivity index (χ1v) is 10.9. The highest BCUT2D eigenvalue weighted by Gasteiger charge is 2.42. The SMILES string of the molecule is COc1cc(C(F)(F)F)cc(SC)c1C(=O)N[C@]1(c2ccccc2)C[C@@H](O)CN(C)C1. The number of likely N-dealkylation sites (tertiary alicyclic amines) is 1. The molecule has 1 saturated heterocycles. The molecule has 0 unspecified atom stereocenters. The van der Waals surface area contributed by atoms with E-state index in [0.717, 1.165) is 29.5 Å². The number of rotatable bonds is 5. The molecule has 3 rings (SSSR count). The number of aliphatic hydroxyl groups is 1. The van der Waals surface area contributed by atoms with Crippen LogP contribution in [0.15, 0.2) is 47.4 Å². The Morgan fingerprint density at radius 2 is 1.97 bits per heavy atom. The maximum Gasteiger partial charge on any atom is 0.416 e. The minimum absolute atomic E-state index is 0.0426. The molecule has 2 atom stereocenters. The van der Waals surface area contributed by atoms with Gasteiger partial charge in [0, 0.05) is 24.4 Å². The number of ether oxygens (including phenoxy) is 1. The lowest BCUT2D eigenvalue weighted by Crippen LogP contribution is -2.59. The lowest BCUT2D eigenvalue weighted by atomic mass is 9.81. The number of hydrogen-bond acceptors (Lipinski definition) is 5. The molecular formula is C22H25F3N2O3S. The zero-order valence-electron chi connectivity index (χ0n) is 17.5. The van der Waals surface area contributed by atoms with E-state index in [9.17, 15) is 23.1 Å². The minimum atomic E-state index is -4.56. The van der Waals surface area contributed by atoms with Crippen molar-refractivity contribution in [3.63, 3.8) is 0 Å². The van der Waals surface area contributed by atoms with Crippen LogP contribution in [0.4, 0.5) is 13.2 Å². The van der Waals surface area contributed by atoms with E-state index in [1.807, 2.05) is 42.3 Å². The summed E-state index contributed by atoms with van der Waals surface area (Å²) in [5.74, 6) is -0.703. The van der Waals surface area contributed by atoms with Crippen LogP contribution in [-0.2, 0) is 11.7 Å². The first-order chi connectivity index (χ1) is 14.6. The Hall–Kier alpha value is -2.23. The molecular weight excluding hydrogens is 429 g/mol. The molecule has 1 heterocycles. The topological polar surface area (TPSA) is 61.8 Å². The average Bonchev–Trinajstić information content (AvgIpc) is 2.71. The van der Waals surface area contributed by atoms with E-state index in [4.69, 9.17) is 4.74 Å². The lowest BCUT2D eigenvalue weighted by molar-refractivity contribution is -0.137. The Morgan fingerprint density at radius 3 is 2.52 bits per heavy atom. The van der Waals surface area contributed by atoms with Gasteiger partial charge in [0.05, 0.1) is 29.9 Å². The summed E-state index contributed by atoms with van der Waals surface area (Å²) in [5.41, 5.74) is -0.934. The number of amides is 1. The van der Waals surface area contributed by atoms with E-state index in [2.05, 4.69) is 5.32 Å². The van der Waals surface area contributed by atoms with Crippen LogP contribution in [0.5, 0.6) is 5.75 Å². The molecule has 0 spiro atoms. The van der Waals surface area contributed by atoms with E-state index in [-0.39, 0.29) is 22.6 Å². The molecule has 0 aromatic heterocycles. The number of piperidine rings is 1. The summed E-state index contributed by atoms with van der Waals surface area (Å²) in [6.45, 7) is 0.904. The van der Waals surface area contributed by atoms with Gasteiger partial charge in [-0.1, -0.05) is 30.3 Å².